The van der Waals surface area contributed by atoms with Crippen LogP contribution >= 0.6 is 0 Å². The van der Waals surface area contributed by atoms with Crippen LogP contribution in [0.2, 0.25) is 0 Å². The number of nitrogens with one attached hydrogen (secondary N) is 1. The van der Waals surface area contributed by atoms with Crippen molar-refractivity contribution in [1.29, 1.82) is 0 Å². The Kier molecular flexibility index (Phi) is 2.69. The highest BCUT2D eigenvalue weighted by Gasteiger charge is 2.28. The molecule has 0 aliphatic rings. The highest BCUT2D eigenvalue weighted by molar-refractivity contribution is 7.90. The average Bonchev–Trinajstić information content (AvgIpc) is 2.29. The van der Waals surface area contributed by atoms with Crippen LogP contribution in [0.15, 0.2) is 6.07 Å². The van der Waals surface area contributed by atoms with Crippen molar-refractivity contribution in [2.45, 2.75) is 19.4 Å². The molecule has 14 heavy (non-hydrogen) atoms. The largest absolute Gasteiger partial charge is 0.319 e. The van der Waals surface area contributed by atoms with E-state index in [9.17, 15) is 8.42 Å². The predicted molar refractivity (Wildman–Crippen MR) is 54.6 cm³/mol. The lowest BCUT2D eigenvalue weighted by atomic mass is 10.0. The Labute approximate surface area is 83.6 Å². The number of hydrogen-bond acceptors (Lipinski definition) is 4. The van der Waals surface area contributed by atoms with Gasteiger partial charge in [0.15, 0.2) is 0 Å². The second-order valence-electron chi connectivity index (χ2n) is 3.92. The van der Waals surface area contributed by atoms with E-state index in [0.29, 0.717) is 5.69 Å². The molecule has 1 heterocycles. The normalized spacial score (nSPS) is 16.6. The standard InChI is InChI=1S/C8H15N3O2S/c1-6-4-7(11-10-6)8(2,9)5-14(3,12)13/h4H,5,9H2,1-3H3,(H,10,11). The minimum absolute atomic E-state index is 0.107. The molecule has 1 aromatic rings. The number of H-pyrrole nitrogens is 1. The number of aromatic nitrogens is 2. The lowest BCUT2D eigenvalue weighted by Gasteiger charge is -2.20. The summed E-state index contributed by atoms with van der Waals surface area (Å²) in [6.07, 6.45) is 1.16. The molecule has 0 fully saturated rings. The van der Waals surface area contributed by atoms with Gasteiger partial charge in [0.25, 0.3) is 0 Å². The Morgan fingerprint density at radius 1 is 1.64 bits per heavy atom. The van der Waals surface area contributed by atoms with E-state index in [1.54, 1.807) is 13.0 Å². The summed E-state index contributed by atoms with van der Waals surface area (Å²) in [5.74, 6) is -0.107. The van der Waals surface area contributed by atoms with E-state index >= 15 is 0 Å². The van der Waals surface area contributed by atoms with Crippen molar-refractivity contribution in [1.82, 2.24) is 10.2 Å². The van der Waals surface area contributed by atoms with E-state index in [4.69, 9.17) is 5.73 Å². The molecule has 3 N–H and O–H groups in total. The molecule has 0 spiro atoms. The molecule has 0 saturated heterocycles. The van der Waals surface area contributed by atoms with Crippen LogP contribution in [0, 0.1) is 6.92 Å². The van der Waals surface area contributed by atoms with Gasteiger partial charge in [-0.15, -0.1) is 0 Å². The minimum Gasteiger partial charge on any atom is -0.319 e. The van der Waals surface area contributed by atoms with E-state index in [-0.39, 0.29) is 5.75 Å². The quantitative estimate of drug-likeness (QED) is 0.742. The van der Waals surface area contributed by atoms with Crippen LogP contribution in [-0.2, 0) is 15.4 Å². The van der Waals surface area contributed by atoms with Gasteiger partial charge in [-0.1, -0.05) is 0 Å². The van der Waals surface area contributed by atoms with Crippen molar-refractivity contribution in [3.05, 3.63) is 17.5 Å². The van der Waals surface area contributed by atoms with Crippen LogP contribution in [0.1, 0.15) is 18.3 Å². The summed E-state index contributed by atoms with van der Waals surface area (Å²) in [7, 11) is -3.10. The fourth-order valence-corrected chi connectivity index (χ4v) is 2.57. The Morgan fingerprint density at radius 2 is 2.21 bits per heavy atom. The first kappa shape index (κ1) is 11.2. The van der Waals surface area contributed by atoms with Crippen molar-refractivity contribution in [2.75, 3.05) is 12.0 Å². The summed E-state index contributed by atoms with van der Waals surface area (Å²) in [6, 6.07) is 1.76. The smallest absolute Gasteiger partial charge is 0.149 e. The van der Waals surface area contributed by atoms with Gasteiger partial charge in [0.2, 0.25) is 0 Å². The molecule has 80 valence electrons. The molecule has 6 heteroatoms. The number of hydrogen-bond donors (Lipinski definition) is 2. The zero-order valence-electron chi connectivity index (χ0n) is 8.53. The number of rotatable bonds is 3. The maximum atomic E-state index is 11.1. The Balaban J connectivity index is 2.96. The summed E-state index contributed by atoms with van der Waals surface area (Å²) >= 11 is 0. The molecular weight excluding hydrogens is 202 g/mol. The van der Waals surface area contributed by atoms with Gasteiger partial charge in [0.05, 0.1) is 17.0 Å². The Hall–Kier alpha value is -0.880. The van der Waals surface area contributed by atoms with Gasteiger partial charge in [-0.25, -0.2) is 8.42 Å². The van der Waals surface area contributed by atoms with E-state index in [2.05, 4.69) is 10.2 Å². The maximum absolute atomic E-state index is 11.1. The van der Waals surface area contributed by atoms with Gasteiger partial charge in [0, 0.05) is 11.9 Å². The van der Waals surface area contributed by atoms with Gasteiger partial charge >= 0.3 is 0 Å². The molecule has 1 unspecified atom stereocenters. The van der Waals surface area contributed by atoms with E-state index in [0.717, 1.165) is 11.9 Å². The fraction of sp³-hybridized carbons (Fsp3) is 0.625. The first-order valence-corrected chi connectivity index (χ1v) is 6.26. The van der Waals surface area contributed by atoms with Crippen molar-refractivity contribution in [3.63, 3.8) is 0 Å². The molecule has 0 saturated carbocycles. The second kappa shape index (κ2) is 3.36. The third-order valence-corrected chi connectivity index (χ3v) is 2.98. The van der Waals surface area contributed by atoms with E-state index < -0.39 is 15.4 Å². The lowest BCUT2D eigenvalue weighted by molar-refractivity contribution is 0.517. The Morgan fingerprint density at radius 3 is 2.57 bits per heavy atom. The van der Waals surface area contributed by atoms with Crippen LogP contribution < -0.4 is 5.73 Å². The number of sulfone groups is 1. The van der Waals surface area contributed by atoms with E-state index in [1.165, 1.54) is 0 Å². The minimum atomic E-state index is -3.10. The molecule has 0 amide bonds. The van der Waals surface area contributed by atoms with E-state index in [1.807, 2.05) is 6.92 Å². The van der Waals surface area contributed by atoms with Crippen LogP contribution in [0.5, 0.6) is 0 Å². The summed E-state index contributed by atoms with van der Waals surface area (Å²) in [5, 5.41) is 6.69. The topological polar surface area (TPSA) is 88.8 Å². The average molecular weight is 217 g/mol. The number of nitrogens with zero attached hydrogens (tertiary/aromatic N) is 1. The molecule has 1 atom stereocenters. The number of nitrogens with two attached hydrogens (primary N) is 1. The zero-order chi connectivity index (χ0) is 11.0. The predicted octanol–water partition coefficient (Wildman–Crippen LogP) is -0.0634. The molecule has 5 nitrogen and oxygen atoms in total. The summed E-state index contributed by atoms with van der Waals surface area (Å²) < 4.78 is 22.2. The van der Waals surface area contributed by atoms with Crippen molar-refractivity contribution >= 4 is 9.84 Å². The van der Waals surface area contributed by atoms with Crippen molar-refractivity contribution in [3.8, 4) is 0 Å². The SMILES string of the molecule is Cc1cc(C(C)(N)CS(C)(=O)=O)n[nH]1. The van der Waals surface area contributed by atoms with Crippen LogP contribution in [0.3, 0.4) is 0 Å². The highest BCUT2D eigenvalue weighted by Crippen LogP contribution is 2.17. The molecule has 1 aromatic heterocycles. The molecule has 0 aliphatic heterocycles. The number of aromatic amines is 1. The lowest BCUT2D eigenvalue weighted by Crippen LogP contribution is -2.40. The van der Waals surface area contributed by atoms with Crippen LogP contribution in [0.25, 0.3) is 0 Å². The zero-order valence-corrected chi connectivity index (χ0v) is 9.35. The first-order valence-electron chi connectivity index (χ1n) is 4.20. The van der Waals surface area contributed by atoms with Gasteiger partial charge < -0.3 is 5.73 Å². The third-order valence-electron chi connectivity index (χ3n) is 1.85. The van der Waals surface area contributed by atoms with Crippen molar-refractivity contribution in [2.24, 2.45) is 5.73 Å². The molecular formula is C8H15N3O2S. The van der Waals surface area contributed by atoms with Gasteiger partial charge in [-0.3, -0.25) is 5.10 Å². The highest BCUT2D eigenvalue weighted by atomic mass is 32.2. The fourth-order valence-electron chi connectivity index (χ4n) is 1.33. The monoisotopic (exact) mass is 217 g/mol. The van der Waals surface area contributed by atoms with Crippen LogP contribution in [0.4, 0.5) is 0 Å². The second-order valence-corrected chi connectivity index (χ2v) is 6.06. The van der Waals surface area contributed by atoms with Crippen molar-refractivity contribution < 1.29 is 8.42 Å². The molecule has 0 radical (unpaired) electrons. The van der Waals surface area contributed by atoms with Gasteiger partial charge in [0.1, 0.15) is 9.84 Å². The van der Waals surface area contributed by atoms with Gasteiger partial charge in [-0.05, 0) is 19.9 Å². The Bertz CT molecular complexity index is 420. The van der Waals surface area contributed by atoms with Gasteiger partial charge in [-0.2, -0.15) is 5.10 Å². The summed E-state index contributed by atoms with van der Waals surface area (Å²) in [6.45, 7) is 3.50. The first-order chi connectivity index (χ1) is 6.21. The molecule has 1 rings (SSSR count). The molecule has 0 bridgehead atoms. The summed E-state index contributed by atoms with van der Waals surface area (Å²) in [4.78, 5) is 0. The van der Waals surface area contributed by atoms with Crippen LogP contribution in [-0.4, -0.2) is 30.6 Å². The molecule has 0 aliphatic carbocycles. The maximum Gasteiger partial charge on any atom is 0.149 e. The third kappa shape index (κ3) is 2.81. The summed E-state index contributed by atoms with van der Waals surface area (Å²) in [5.41, 5.74) is 6.38. The molecule has 0 aromatic carbocycles. The number of aryl methyl sites for hydroxylation is 1.